The predicted octanol–water partition coefficient (Wildman–Crippen LogP) is 5.92. The molecule has 0 bridgehead atoms. The first-order valence-corrected chi connectivity index (χ1v) is 8.25. The van der Waals surface area contributed by atoms with Gasteiger partial charge in [-0.05, 0) is 47.6 Å². The average Bonchev–Trinajstić information content (AvgIpc) is 2.45. The maximum atomic E-state index is 4.31. The Morgan fingerprint density at radius 3 is 2.00 bits per heavy atom. The molecule has 0 spiro atoms. The summed E-state index contributed by atoms with van der Waals surface area (Å²) >= 11 is 6.27. The van der Waals surface area contributed by atoms with Crippen LogP contribution in [0.2, 0.25) is 0 Å². The SMILES string of the molecule is CCCCCSc1ccc(-c2ccc(S)cc2)cc1. The lowest BCUT2D eigenvalue weighted by Gasteiger charge is -2.05. The van der Waals surface area contributed by atoms with Crippen LogP contribution in [-0.2, 0) is 0 Å². The van der Waals surface area contributed by atoms with E-state index in [4.69, 9.17) is 0 Å². The van der Waals surface area contributed by atoms with Crippen LogP contribution in [0.15, 0.2) is 58.3 Å². The number of hydrogen-bond acceptors (Lipinski definition) is 2. The van der Waals surface area contributed by atoms with Gasteiger partial charge in [-0.3, -0.25) is 0 Å². The molecule has 2 aromatic rings. The molecule has 0 N–H and O–H groups in total. The predicted molar refractivity (Wildman–Crippen MR) is 89.4 cm³/mol. The van der Waals surface area contributed by atoms with Gasteiger partial charge >= 0.3 is 0 Å². The summed E-state index contributed by atoms with van der Waals surface area (Å²) in [5.41, 5.74) is 2.52. The molecule has 0 atom stereocenters. The molecule has 0 saturated carbocycles. The van der Waals surface area contributed by atoms with Crippen LogP contribution in [0.5, 0.6) is 0 Å². The van der Waals surface area contributed by atoms with Crippen LogP contribution in [0, 0.1) is 0 Å². The van der Waals surface area contributed by atoms with Crippen molar-refractivity contribution in [1.29, 1.82) is 0 Å². The molecule has 2 rings (SSSR count). The van der Waals surface area contributed by atoms with Gasteiger partial charge in [0.25, 0.3) is 0 Å². The topological polar surface area (TPSA) is 0 Å². The van der Waals surface area contributed by atoms with E-state index < -0.39 is 0 Å². The molecule has 0 unspecified atom stereocenters. The van der Waals surface area contributed by atoms with Crippen molar-refractivity contribution in [3.05, 3.63) is 48.5 Å². The minimum absolute atomic E-state index is 1.01. The van der Waals surface area contributed by atoms with Gasteiger partial charge in [0.15, 0.2) is 0 Å². The Morgan fingerprint density at radius 2 is 1.42 bits per heavy atom. The summed E-state index contributed by atoms with van der Waals surface area (Å²) in [7, 11) is 0. The number of hydrogen-bond donors (Lipinski definition) is 1. The van der Waals surface area contributed by atoms with Crippen molar-refractivity contribution in [1.82, 2.24) is 0 Å². The van der Waals surface area contributed by atoms with E-state index in [1.165, 1.54) is 41.0 Å². The maximum absolute atomic E-state index is 4.31. The molecule has 0 heterocycles. The van der Waals surface area contributed by atoms with Crippen molar-refractivity contribution >= 4 is 24.4 Å². The lowest BCUT2D eigenvalue weighted by Crippen LogP contribution is -1.81. The van der Waals surface area contributed by atoms with E-state index in [2.05, 4.69) is 56.0 Å². The van der Waals surface area contributed by atoms with Crippen LogP contribution < -0.4 is 0 Å². The van der Waals surface area contributed by atoms with E-state index >= 15 is 0 Å². The second-order valence-electron chi connectivity index (χ2n) is 4.63. The summed E-state index contributed by atoms with van der Waals surface area (Å²) in [6.45, 7) is 2.25. The molecular formula is C17H20S2. The van der Waals surface area contributed by atoms with E-state index in [1.54, 1.807) is 0 Å². The summed E-state index contributed by atoms with van der Waals surface area (Å²) in [5, 5.41) is 0. The van der Waals surface area contributed by atoms with Crippen LogP contribution in [0.25, 0.3) is 11.1 Å². The summed E-state index contributed by atoms with van der Waals surface area (Å²) in [6.07, 6.45) is 3.94. The fourth-order valence-electron chi connectivity index (χ4n) is 1.94. The molecule has 0 fully saturated rings. The van der Waals surface area contributed by atoms with Crippen molar-refractivity contribution in [3.63, 3.8) is 0 Å². The van der Waals surface area contributed by atoms with Gasteiger partial charge in [-0.25, -0.2) is 0 Å². The third-order valence-corrected chi connectivity index (χ3v) is 4.47. The Labute approximate surface area is 126 Å². The van der Waals surface area contributed by atoms with Gasteiger partial charge in [0, 0.05) is 9.79 Å². The highest BCUT2D eigenvalue weighted by molar-refractivity contribution is 7.99. The normalized spacial score (nSPS) is 10.6. The average molecular weight is 288 g/mol. The Hall–Kier alpha value is -0.860. The fraction of sp³-hybridized carbons (Fsp3) is 0.294. The molecule has 0 nitrogen and oxygen atoms in total. The molecule has 0 amide bonds. The van der Waals surface area contributed by atoms with Gasteiger partial charge in [-0.1, -0.05) is 44.0 Å². The Morgan fingerprint density at radius 1 is 0.842 bits per heavy atom. The highest BCUT2D eigenvalue weighted by Crippen LogP contribution is 2.25. The summed E-state index contributed by atoms with van der Waals surface area (Å²) in [4.78, 5) is 2.37. The van der Waals surface area contributed by atoms with Gasteiger partial charge in [0.1, 0.15) is 0 Å². The van der Waals surface area contributed by atoms with Gasteiger partial charge < -0.3 is 0 Å². The summed E-state index contributed by atoms with van der Waals surface area (Å²) in [5.74, 6) is 1.22. The first-order chi connectivity index (χ1) is 9.29. The second-order valence-corrected chi connectivity index (χ2v) is 6.31. The molecule has 0 aliphatic heterocycles. The zero-order valence-corrected chi connectivity index (χ0v) is 13.0. The Kier molecular flexibility index (Phi) is 5.87. The molecule has 0 saturated heterocycles. The lowest BCUT2D eigenvalue weighted by atomic mass is 10.1. The van der Waals surface area contributed by atoms with Gasteiger partial charge in [0.05, 0.1) is 0 Å². The van der Waals surface area contributed by atoms with Crippen molar-refractivity contribution in [3.8, 4) is 11.1 Å². The molecule has 2 aromatic carbocycles. The van der Waals surface area contributed by atoms with E-state index in [9.17, 15) is 0 Å². The second kappa shape index (κ2) is 7.66. The minimum Gasteiger partial charge on any atom is -0.143 e. The number of rotatable bonds is 6. The smallest absolute Gasteiger partial charge is 0.00723 e. The van der Waals surface area contributed by atoms with Crippen LogP contribution in [0.4, 0.5) is 0 Å². The molecule has 0 radical (unpaired) electrons. The standard InChI is InChI=1S/C17H20S2/c1-2-3-4-13-19-17-11-7-15(8-12-17)14-5-9-16(18)10-6-14/h5-12,18H,2-4,13H2,1H3. The first kappa shape index (κ1) is 14.5. The van der Waals surface area contributed by atoms with Gasteiger partial charge in [0.2, 0.25) is 0 Å². The van der Waals surface area contributed by atoms with E-state index in [0.717, 1.165) is 4.90 Å². The zero-order chi connectivity index (χ0) is 13.5. The van der Waals surface area contributed by atoms with Crippen molar-refractivity contribution in [2.45, 2.75) is 36.0 Å². The molecule has 0 aromatic heterocycles. The Balaban J connectivity index is 1.96. The number of benzene rings is 2. The molecule has 0 aliphatic rings. The van der Waals surface area contributed by atoms with Crippen molar-refractivity contribution in [2.24, 2.45) is 0 Å². The van der Waals surface area contributed by atoms with Crippen LogP contribution in [0.3, 0.4) is 0 Å². The van der Waals surface area contributed by atoms with Crippen molar-refractivity contribution < 1.29 is 0 Å². The van der Waals surface area contributed by atoms with Gasteiger partial charge in [-0.15, -0.1) is 24.4 Å². The van der Waals surface area contributed by atoms with E-state index in [1.807, 2.05) is 23.9 Å². The monoisotopic (exact) mass is 288 g/mol. The van der Waals surface area contributed by atoms with Crippen LogP contribution in [0.1, 0.15) is 26.2 Å². The number of thioether (sulfide) groups is 1. The highest BCUT2D eigenvalue weighted by Gasteiger charge is 1.98. The number of thiol groups is 1. The first-order valence-electron chi connectivity index (χ1n) is 6.82. The van der Waals surface area contributed by atoms with Gasteiger partial charge in [-0.2, -0.15) is 0 Å². The Bertz CT molecular complexity index is 486. The fourth-order valence-corrected chi connectivity index (χ4v) is 3.00. The third kappa shape index (κ3) is 4.63. The number of unbranched alkanes of at least 4 members (excludes halogenated alkanes) is 2. The van der Waals surface area contributed by atoms with E-state index in [-0.39, 0.29) is 0 Å². The summed E-state index contributed by atoms with van der Waals surface area (Å²) in [6, 6.07) is 17.2. The quantitative estimate of drug-likeness (QED) is 0.391. The van der Waals surface area contributed by atoms with Crippen LogP contribution in [-0.4, -0.2) is 5.75 Å². The largest absolute Gasteiger partial charge is 0.143 e. The maximum Gasteiger partial charge on any atom is 0.00723 e. The molecule has 2 heteroatoms. The minimum atomic E-state index is 1.01. The van der Waals surface area contributed by atoms with Crippen LogP contribution >= 0.6 is 24.4 Å². The van der Waals surface area contributed by atoms with E-state index in [0.29, 0.717) is 0 Å². The van der Waals surface area contributed by atoms with Crippen molar-refractivity contribution in [2.75, 3.05) is 5.75 Å². The molecule has 0 aliphatic carbocycles. The third-order valence-electron chi connectivity index (χ3n) is 3.07. The highest BCUT2D eigenvalue weighted by atomic mass is 32.2. The molecular weight excluding hydrogens is 268 g/mol. The molecule has 19 heavy (non-hydrogen) atoms. The zero-order valence-electron chi connectivity index (χ0n) is 11.3. The summed E-state index contributed by atoms with van der Waals surface area (Å²) < 4.78 is 0. The molecule has 100 valence electrons. The lowest BCUT2D eigenvalue weighted by molar-refractivity contribution is 0.778.